The van der Waals surface area contributed by atoms with E-state index in [9.17, 15) is 0 Å². The molecule has 50 valence electrons. The number of alkyl halides is 1. The van der Waals surface area contributed by atoms with Crippen molar-refractivity contribution in [1.82, 2.24) is 5.09 Å². The zero-order valence-corrected chi connectivity index (χ0v) is 8.71. The highest BCUT2D eigenvalue weighted by Gasteiger charge is 2.03. The van der Waals surface area contributed by atoms with Gasteiger partial charge in [-0.15, -0.1) is 0 Å². The number of hydrogen-bond acceptors (Lipinski definition) is 1. The Morgan fingerprint density at radius 2 is 2.12 bits per heavy atom. The molecule has 0 aliphatic rings. The Kier molecular flexibility index (Phi) is 5.42. The maximum Gasteiger partial charge on any atom is 0.181 e. The van der Waals surface area contributed by atoms with Crippen LogP contribution < -0.4 is 5.09 Å². The standard InChI is InChI=1S/C2H5BrCl2NPS/c3-1-2-6-7(4,5)8/h1-2H2,(H,6,8). The molecule has 0 aromatic heterocycles. The molecule has 0 saturated heterocycles. The average Bonchev–Trinajstić information content (AvgIpc) is 1.59. The second-order valence-electron chi connectivity index (χ2n) is 1.06. The minimum atomic E-state index is -2.18. The largest absolute Gasteiger partial charge is 0.264 e. The van der Waals surface area contributed by atoms with Gasteiger partial charge in [-0.3, -0.25) is 5.09 Å². The molecule has 0 unspecified atom stereocenters. The smallest absolute Gasteiger partial charge is 0.181 e. The van der Waals surface area contributed by atoms with Crippen molar-refractivity contribution in [3.63, 3.8) is 0 Å². The summed E-state index contributed by atoms with van der Waals surface area (Å²) in [5, 5.41) is 3.61. The highest BCUT2D eigenvalue weighted by molar-refractivity contribution is 9.09. The summed E-state index contributed by atoms with van der Waals surface area (Å²) in [5.41, 5.74) is 0. The Labute approximate surface area is 71.9 Å². The van der Waals surface area contributed by atoms with E-state index in [1.807, 2.05) is 0 Å². The quantitative estimate of drug-likeness (QED) is 0.616. The molecule has 6 heteroatoms. The minimum absolute atomic E-state index is 0.726. The van der Waals surface area contributed by atoms with E-state index in [1.54, 1.807) is 0 Å². The Hall–Kier alpha value is 1.67. The molecule has 0 amide bonds. The highest BCUT2D eigenvalue weighted by atomic mass is 79.9. The third-order valence-corrected chi connectivity index (χ3v) is 2.48. The molecule has 8 heavy (non-hydrogen) atoms. The van der Waals surface area contributed by atoms with Crippen molar-refractivity contribution in [2.75, 3.05) is 11.9 Å². The second kappa shape index (κ2) is 4.48. The third kappa shape index (κ3) is 7.67. The van der Waals surface area contributed by atoms with Gasteiger partial charge < -0.3 is 0 Å². The normalized spacial score (nSPS) is 11.9. The zero-order valence-electron chi connectivity index (χ0n) is 3.90. The van der Waals surface area contributed by atoms with Gasteiger partial charge in [0.25, 0.3) is 0 Å². The lowest BCUT2D eigenvalue weighted by Crippen LogP contribution is -2.06. The van der Waals surface area contributed by atoms with E-state index >= 15 is 0 Å². The van der Waals surface area contributed by atoms with Crippen molar-refractivity contribution in [2.24, 2.45) is 0 Å². The van der Waals surface area contributed by atoms with E-state index in [0.717, 1.165) is 11.9 Å². The Bertz CT molecular complexity index is 104. The number of halogens is 3. The first-order chi connectivity index (χ1) is 3.56. The van der Waals surface area contributed by atoms with Crippen molar-refractivity contribution in [3.05, 3.63) is 0 Å². The maximum atomic E-state index is 5.47. The van der Waals surface area contributed by atoms with Crippen molar-refractivity contribution in [3.8, 4) is 0 Å². The first-order valence-electron chi connectivity index (χ1n) is 1.87. The molecule has 0 aliphatic heterocycles. The summed E-state index contributed by atoms with van der Waals surface area (Å²) in [4.78, 5) is -2.18. The molecule has 0 aromatic carbocycles. The molecule has 0 atom stereocenters. The maximum absolute atomic E-state index is 5.47. The summed E-state index contributed by atoms with van der Waals surface area (Å²) >= 11 is 18.8. The molecule has 0 radical (unpaired) electrons. The van der Waals surface area contributed by atoms with E-state index in [1.165, 1.54) is 0 Å². The van der Waals surface area contributed by atoms with Gasteiger partial charge in [-0.1, -0.05) is 38.4 Å². The average molecular weight is 257 g/mol. The van der Waals surface area contributed by atoms with Crippen LogP contribution in [0.5, 0.6) is 0 Å². The van der Waals surface area contributed by atoms with Gasteiger partial charge >= 0.3 is 0 Å². The van der Waals surface area contributed by atoms with Crippen LogP contribution in [-0.2, 0) is 11.8 Å². The van der Waals surface area contributed by atoms with Crippen LogP contribution in [0.1, 0.15) is 0 Å². The van der Waals surface area contributed by atoms with Crippen LogP contribution in [0.3, 0.4) is 0 Å². The first kappa shape index (κ1) is 9.67. The van der Waals surface area contributed by atoms with Crippen LogP contribution in [-0.4, -0.2) is 11.9 Å². The van der Waals surface area contributed by atoms with Crippen molar-refractivity contribution < 1.29 is 0 Å². The number of hydrogen-bond donors (Lipinski definition) is 1. The Morgan fingerprint density at radius 1 is 1.62 bits per heavy atom. The molecule has 1 N–H and O–H groups in total. The van der Waals surface area contributed by atoms with Gasteiger partial charge in [0.2, 0.25) is 0 Å². The van der Waals surface area contributed by atoms with Gasteiger partial charge in [-0.25, -0.2) is 0 Å². The highest BCUT2D eigenvalue weighted by Crippen LogP contribution is 2.52. The van der Waals surface area contributed by atoms with E-state index in [4.69, 9.17) is 22.5 Å². The molecule has 0 bridgehead atoms. The van der Waals surface area contributed by atoms with Gasteiger partial charge in [-0.2, -0.15) is 0 Å². The summed E-state index contributed by atoms with van der Waals surface area (Å²) < 4.78 is 0. The van der Waals surface area contributed by atoms with Crippen LogP contribution in [0.2, 0.25) is 0 Å². The summed E-state index contributed by atoms with van der Waals surface area (Å²) in [7, 11) is 0. The summed E-state index contributed by atoms with van der Waals surface area (Å²) in [6.45, 7) is 0.726. The van der Waals surface area contributed by atoms with Gasteiger partial charge in [0.1, 0.15) is 0 Å². The Morgan fingerprint density at radius 3 is 2.25 bits per heavy atom. The van der Waals surface area contributed by atoms with Crippen LogP contribution in [0, 0.1) is 0 Å². The van der Waals surface area contributed by atoms with Gasteiger partial charge in [0.15, 0.2) is 4.89 Å². The van der Waals surface area contributed by atoms with Crippen LogP contribution in [0.25, 0.3) is 0 Å². The fourth-order valence-electron chi connectivity index (χ4n) is 0.172. The lowest BCUT2D eigenvalue weighted by molar-refractivity contribution is 1.05. The van der Waals surface area contributed by atoms with Crippen molar-refractivity contribution >= 4 is 55.1 Å². The fraction of sp³-hybridized carbons (Fsp3) is 1.00. The predicted molar refractivity (Wildman–Crippen MR) is 47.8 cm³/mol. The summed E-state index contributed by atoms with van der Waals surface area (Å²) in [6, 6.07) is 0. The molecule has 0 saturated carbocycles. The molecule has 0 fully saturated rings. The van der Waals surface area contributed by atoms with Gasteiger partial charge in [0.05, 0.1) is 0 Å². The van der Waals surface area contributed by atoms with Crippen LogP contribution >= 0.6 is 43.3 Å². The lowest BCUT2D eigenvalue weighted by Gasteiger charge is -2.03. The van der Waals surface area contributed by atoms with E-state index < -0.39 is 4.89 Å². The molecule has 0 spiro atoms. The van der Waals surface area contributed by atoms with Crippen LogP contribution in [0.4, 0.5) is 0 Å². The molecule has 1 nitrogen and oxygen atoms in total. The molecule has 0 aliphatic carbocycles. The first-order valence-corrected chi connectivity index (χ1v) is 7.60. The zero-order chi connectivity index (χ0) is 6.62. The summed E-state index contributed by atoms with van der Waals surface area (Å²) in [6.07, 6.45) is 0. The monoisotopic (exact) mass is 255 g/mol. The Balaban J connectivity index is 3.26. The predicted octanol–water partition coefficient (Wildman–Crippen LogP) is 2.67. The van der Waals surface area contributed by atoms with Crippen molar-refractivity contribution in [1.29, 1.82) is 0 Å². The molecule has 0 heterocycles. The number of rotatable bonds is 3. The van der Waals surface area contributed by atoms with E-state index in [-0.39, 0.29) is 0 Å². The lowest BCUT2D eigenvalue weighted by atomic mass is 10.8. The minimum Gasteiger partial charge on any atom is -0.264 e. The fourth-order valence-corrected chi connectivity index (χ4v) is 1.83. The number of nitrogens with one attached hydrogen (secondary N) is 1. The van der Waals surface area contributed by atoms with E-state index in [0.29, 0.717) is 0 Å². The summed E-state index contributed by atoms with van der Waals surface area (Å²) in [5.74, 6) is 0. The van der Waals surface area contributed by atoms with Crippen LogP contribution in [0.15, 0.2) is 0 Å². The van der Waals surface area contributed by atoms with Gasteiger partial charge in [0, 0.05) is 11.9 Å². The topological polar surface area (TPSA) is 12.0 Å². The van der Waals surface area contributed by atoms with E-state index in [2.05, 4.69) is 32.8 Å². The molecular formula is C2H5BrCl2NPS. The van der Waals surface area contributed by atoms with Gasteiger partial charge in [-0.05, 0) is 11.8 Å². The molecular weight excluding hydrogens is 252 g/mol. The van der Waals surface area contributed by atoms with Crippen molar-refractivity contribution in [2.45, 2.75) is 0 Å². The molecule has 0 aromatic rings. The SMILES string of the molecule is S=P(Cl)(Cl)NCCBr. The third-order valence-electron chi connectivity index (χ3n) is 0.390. The second-order valence-corrected chi connectivity index (χ2v) is 9.50. The molecule has 0 rings (SSSR count).